The first-order valence-electron chi connectivity index (χ1n) is 7.70. The molecule has 144 valence electrons. The van der Waals surface area contributed by atoms with Crippen molar-refractivity contribution in [3.05, 3.63) is 39.5 Å². The van der Waals surface area contributed by atoms with Crippen LogP contribution in [0, 0.1) is 0 Å². The van der Waals surface area contributed by atoms with E-state index < -0.39 is 27.1 Å². The number of aliphatic hydroxyl groups excluding tert-OH is 1. The lowest BCUT2D eigenvalue weighted by atomic mass is 10.0. The van der Waals surface area contributed by atoms with E-state index in [4.69, 9.17) is 27.9 Å². The van der Waals surface area contributed by atoms with E-state index >= 15 is 0 Å². The number of hydrogen-bond donors (Lipinski definition) is 1. The second-order valence-electron chi connectivity index (χ2n) is 5.88. The summed E-state index contributed by atoms with van der Waals surface area (Å²) < 4.78 is 29.0. The van der Waals surface area contributed by atoms with Crippen LogP contribution in [-0.2, 0) is 14.6 Å². The summed E-state index contributed by atoms with van der Waals surface area (Å²) >= 11 is 12.2. The predicted molar refractivity (Wildman–Crippen MR) is 98.5 cm³/mol. The summed E-state index contributed by atoms with van der Waals surface area (Å²) in [6.45, 7) is 0.273. The molecule has 0 aliphatic carbocycles. The Morgan fingerprint density at radius 3 is 2.52 bits per heavy atom. The smallest absolute Gasteiger partial charge is 0.275 e. The van der Waals surface area contributed by atoms with Crippen molar-refractivity contribution in [2.45, 2.75) is 11.4 Å². The number of benzene rings is 1. The van der Waals surface area contributed by atoms with Crippen molar-refractivity contribution in [1.29, 1.82) is 0 Å². The number of aliphatic hydroxyl groups is 1. The number of fused-ring (bicyclic) bond motifs is 1. The molecular weight excluding hydrogens is 417 g/mol. The van der Waals surface area contributed by atoms with Crippen LogP contribution in [0.3, 0.4) is 0 Å². The summed E-state index contributed by atoms with van der Waals surface area (Å²) in [5.41, 5.74) is 0.288. The maximum atomic E-state index is 12.7. The molecule has 1 amide bonds. The van der Waals surface area contributed by atoms with Crippen LogP contribution in [0.2, 0.25) is 10.0 Å². The Morgan fingerprint density at radius 2 is 1.93 bits per heavy atom. The normalized spacial score (nSPS) is 16.7. The predicted octanol–water partition coefficient (Wildman–Crippen LogP) is 1.95. The van der Waals surface area contributed by atoms with E-state index in [9.17, 15) is 18.3 Å². The van der Waals surface area contributed by atoms with E-state index in [2.05, 4.69) is 9.97 Å². The topological polar surface area (TPSA) is 110 Å². The van der Waals surface area contributed by atoms with Gasteiger partial charge in [0.2, 0.25) is 15.0 Å². The van der Waals surface area contributed by atoms with Gasteiger partial charge in [0.15, 0.2) is 6.23 Å². The summed E-state index contributed by atoms with van der Waals surface area (Å²) in [6.07, 6.45) is -0.432. The highest BCUT2D eigenvalue weighted by atomic mass is 35.5. The number of ether oxygens (including phenoxy) is 1. The maximum Gasteiger partial charge on any atom is 0.275 e. The molecule has 0 saturated heterocycles. The van der Waals surface area contributed by atoms with Gasteiger partial charge < -0.3 is 14.7 Å². The average molecular weight is 432 g/mol. The quantitative estimate of drug-likeness (QED) is 0.720. The maximum absolute atomic E-state index is 12.7. The molecule has 1 aliphatic heterocycles. The highest BCUT2D eigenvalue weighted by Gasteiger charge is 2.41. The number of aromatic nitrogens is 2. The number of carbonyl (C=O) groups excluding carboxylic acids is 1. The van der Waals surface area contributed by atoms with Crippen LogP contribution in [-0.4, -0.2) is 60.8 Å². The van der Waals surface area contributed by atoms with Crippen molar-refractivity contribution in [2.75, 3.05) is 26.5 Å². The standard InChI is InChI=1S/C16H15Cl2N3O5S/c1-26-6-5-21-14(22)11-12(9-4-3-8(17)7-10(9)18)19-16(27(2,24)25)20-13(11)15(21)23/h3-4,7,14,22H,5-6H2,1-2H3. The van der Waals surface area contributed by atoms with Crippen molar-refractivity contribution in [3.8, 4) is 11.3 Å². The van der Waals surface area contributed by atoms with Crippen LogP contribution in [0.5, 0.6) is 0 Å². The fourth-order valence-electron chi connectivity index (χ4n) is 2.73. The average Bonchev–Trinajstić information content (AvgIpc) is 2.83. The zero-order valence-corrected chi connectivity index (χ0v) is 16.6. The van der Waals surface area contributed by atoms with Gasteiger partial charge in [-0.1, -0.05) is 23.2 Å². The number of amides is 1. The molecule has 2 aromatic rings. The second-order valence-corrected chi connectivity index (χ2v) is 8.63. The van der Waals surface area contributed by atoms with Gasteiger partial charge in [0.05, 0.1) is 22.9 Å². The molecule has 0 fully saturated rings. The molecule has 1 unspecified atom stereocenters. The molecule has 0 spiro atoms. The summed E-state index contributed by atoms with van der Waals surface area (Å²) in [5, 5.41) is 10.7. The van der Waals surface area contributed by atoms with E-state index in [0.717, 1.165) is 11.2 Å². The molecule has 27 heavy (non-hydrogen) atoms. The first-order valence-corrected chi connectivity index (χ1v) is 10.3. The van der Waals surface area contributed by atoms with E-state index in [1.165, 1.54) is 19.2 Å². The zero-order chi connectivity index (χ0) is 19.9. The van der Waals surface area contributed by atoms with Crippen LogP contribution in [0.4, 0.5) is 0 Å². The highest BCUT2D eigenvalue weighted by Crippen LogP contribution is 2.40. The monoisotopic (exact) mass is 431 g/mol. The van der Waals surface area contributed by atoms with Gasteiger partial charge >= 0.3 is 0 Å². The lowest BCUT2D eigenvalue weighted by molar-refractivity contribution is 0.00739. The Labute approximate surface area is 165 Å². The first kappa shape index (κ1) is 20.0. The molecule has 3 rings (SSSR count). The molecule has 1 N–H and O–H groups in total. The molecule has 0 saturated carbocycles. The Morgan fingerprint density at radius 1 is 1.26 bits per heavy atom. The Balaban J connectivity index is 2.27. The number of carbonyl (C=O) groups is 1. The fraction of sp³-hybridized carbons (Fsp3) is 0.312. The minimum atomic E-state index is -3.82. The molecule has 0 bridgehead atoms. The van der Waals surface area contributed by atoms with E-state index in [-0.39, 0.29) is 35.1 Å². The summed E-state index contributed by atoms with van der Waals surface area (Å²) in [5.74, 6) is -0.617. The van der Waals surface area contributed by atoms with Gasteiger partial charge in [-0.25, -0.2) is 18.4 Å². The number of sulfone groups is 1. The van der Waals surface area contributed by atoms with Gasteiger partial charge in [0.1, 0.15) is 5.69 Å². The first-order chi connectivity index (χ1) is 12.6. The molecule has 8 nitrogen and oxygen atoms in total. The summed E-state index contributed by atoms with van der Waals surface area (Å²) in [7, 11) is -2.36. The third kappa shape index (κ3) is 3.65. The number of hydrogen-bond acceptors (Lipinski definition) is 7. The van der Waals surface area contributed by atoms with Crippen molar-refractivity contribution in [3.63, 3.8) is 0 Å². The Kier molecular flexibility index (Phi) is 5.42. The molecular formula is C16H15Cl2N3O5S. The van der Waals surface area contributed by atoms with Crippen molar-refractivity contribution < 1.29 is 23.1 Å². The van der Waals surface area contributed by atoms with Gasteiger partial charge in [-0.3, -0.25) is 4.79 Å². The minimum Gasteiger partial charge on any atom is -0.383 e. The molecule has 1 aromatic heterocycles. The number of methoxy groups -OCH3 is 1. The molecule has 2 heterocycles. The summed E-state index contributed by atoms with van der Waals surface area (Å²) in [6, 6.07) is 4.54. The third-order valence-corrected chi connectivity index (χ3v) is 5.39. The van der Waals surface area contributed by atoms with Crippen LogP contribution in [0.25, 0.3) is 11.3 Å². The molecule has 1 aliphatic rings. The minimum absolute atomic E-state index is 0.0582. The number of rotatable bonds is 5. The van der Waals surface area contributed by atoms with Crippen molar-refractivity contribution >= 4 is 38.9 Å². The third-order valence-electron chi connectivity index (χ3n) is 4.00. The lowest BCUT2D eigenvalue weighted by Gasteiger charge is -2.20. The van der Waals surface area contributed by atoms with Crippen LogP contribution >= 0.6 is 23.2 Å². The van der Waals surface area contributed by atoms with Crippen molar-refractivity contribution in [1.82, 2.24) is 14.9 Å². The summed E-state index contributed by atoms with van der Waals surface area (Å²) in [4.78, 5) is 21.8. The molecule has 11 heteroatoms. The van der Waals surface area contributed by atoms with Gasteiger partial charge in [0.25, 0.3) is 5.91 Å². The van der Waals surface area contributed by atoms with Gasteiger partial charge in [0, 0.05) is 30.5 Å². The van der Waals surface area contributed by atoms with Gasteiger partial charge in [-0.2, -0.15) is 0 Å². The fourth-order valence-corrected chi connectivity index (χ4v) is 3.74. The molecule has 1 atom stereocenters. The molecule has 1 aromatic carbocycles. The second kappa shape index (κ2) is 7.33. The van der Waals surface area contributed by atoms with Crippen LogP contribution < -0.4 is 0 Å². The van der Waals surface area contributed by atoms with Crippen molar-refractivity contribution in [2.24, 2.45) is 0 Å². The van der Waals surface area contributed by atoms with Gasteiger partial charge in [-0.05, 0) is 18.2 Å². The Hall–Kier alpha value is -1.78. The van der Waals surface area contributed by atoms with Gasteiger partial charge in [-0.15, -0.1) is 0 Å². The Bertz CT molecular complexity index is 1030. The van der Waals surface area contributed by atoms with E-state index in [1.54, 1.807) is 6.07 Å². The highest BCUT2D eigenvalue weighted by molar-refractivity contribution is 7.90. The largest absolute Gasteiger partial charge is 0.383 e. The van der Waals surface area contributed by atoms with Crippen LogP contribution in [0.1, 0.15) is 22.3 Å². The number of halogens is 2. The number of nitrogens with zero attached hydrogens (tertiary/aromatic N) is 3. The molecule has 0 radical (unpaired) electrons. The van der Waals surface area contributed by atoms with E-state index in [1.807, 2.05) is 0 Å². The zero-order valence-electron chi connectivity index (χ0n) is 14.3. The van der Waals surface area contributed by atoms with E-state index in [0.29, 0.717) is 10.6 Å². The SMILES string of the molecule is COCCN1C(=O)c2nc(S(C)(=O)=O)nc(-c3ccc(Cl)cc3Cl)c2C1O. The lowest BCUT2D eigenvalue weighted by Crippen LogP contribution is -2.31. The van der Waals surface area contributed by atoms with Crippen LogP contribution in [0.15, 0.2) is 23.4 Å².